The zero-order valence-electron chi connectivity index (χ0n) is 30.2. The van der Waals surface area contributed by atoms with Crippen molar-refractivity contribution in [2.24, 2.45) is 0 Å². The third-order valence-corrected chi connectivity index (χ3v) is 10.7. The summed E-state index contributed by atoms with van der Waals surface area (Å²) in [6.45, 7) is 0. The Bertz CT molecular complexity index is 3240. The molecule has 5 heteroatoms. The lowest BCUT2D eigenvalue weighted by Crippen LogP contribution is -2.01. The first-order valence-electron chi connectivity index (χ1n) is 18.8. The number of hydrogen-bond acceptors (Lipinski definition) is 4. The van der Waals surface area contributed by atoms with Gasteiger partial charge < -0.3 is 8.98 Å². The number of aromatic nitrogens is 4. The minimum atomic E-state index is 0.578. The standard InChI is InChI=1S/C51H32N4O/c1-3-12-33(13-4-1)35-22-24-36(25-23-35)49-52-50(54-51(53-49)39-27-29-44-43-19-8-10-21-47(43)56-48(44)32-39)38-16-11-17-40(30-38)55-45-20-9-7-18-41(45)42-28-26-37(31-46(42)55)34-14-5-2-6-15-34/h1-32H. The summed E-state index contributed by atoms with van der Waals surface area (Å²) in [7, 11) is 0. The summed E-state index contributed by atoms with van der Waals surface area (Å²) in [5.41, 5.74) is 12.3. The van der Waals surface area contributed by atoms with E-state index < -0.39 is 0 Å². The Kier molecular flexibility index (Phi) is 7.42. The summed E-state index contributed by atoms with van der Waals surface area (Å²) in [5.74, 6) is 1.77. The van der Waals surface area contributed by atoms with Gasteiger partial charge >= 0.3 is 0 Å². The van der Waals surface area contributed by atoms with Crippen molar-refractivity contribution >= 4 is 43.7 Å². The Morgan fingerprint density at radius 1 is 0.304 bits per heavy atom. The van der Waals surface area contributed by atoms with Gasteiger partial charge in [-0.1, -0.05) is 152 Å². The zero-order chi connectivity index (χ0) is 37.0. The molecule has 11 rings (SSSR count). The van der Waals surface area contributed by atoms with Crippen molar-refractivity contribution in [3.63, 3.8) is 0 Å². The lowest BCUT2D eigenvalue weighted by atomic mass is 10.0. The second-order valence-electron chi connectivity index (χ2n) is 14.1. The van der Waals surface area contributed by atoms with Crippen LogP contribution in [0.4, 0.5) is 0 Å². The van der Waals surface area contributed by atoms with E-state index >= 15 is 0 Å². The lowest BCUT2D eigenvalue weighted by molar-refractivity contribution is 0.669. The van der Waals surface area contributed by atoms with Crippen molar-refractivity contribution in [1.82, 2.24) is 19.5 Å². The van der Waals surface area contributed by atoms with Crippen LogP contribution in [0.2, 0.25) is 0 Å². The molecule has 0 N–H and O–H groups in total. The zero-order valence-corrected chi connectivity index (χ0v) is 30.2. The molecule has 3 heterocycles. The van der Waals surface area contributed by atoms with E-state index in [9.17, 15) is 0 Å². The Labute approximate surface area is 322 Å². The fraction of sp³-hybridized carbons (Fsp3) is 0. The van der Waals surface area contributed by atoms with Crippen LogP contribution < -0.4 is 0 Å². The van der Waals surface area contributed by atoms with E-state index in [2.05, 4.69) is 168 Å². The Balaban J connectivity index is 1.08. The highest BCUT2D eigenvalue weighted by Crippen LogP contribution is 2.37. The molecule has 56 heavy (non-hydrogen) atoms. The molecule has 0 radical (unpaired) electrons. The highest BCUT2D eigenvalue weighted by molar-refractivity contribution is 6.10. The number of para-hydroxylation sites is 2. The average Bonchev–Trinajstić information content (AvgIpc) is 3.82. The van der Waals surface area contributed by atoms with Gasteiger partial charge in [-0.25, -0.2) is 15.0 Å². The van der Waals surface area contributed by atoms with E-state index in [4.69, 9.17) is 19.4 Å². The largest absolute Gasteiger partial charge is 0.456 e. The Morgan fingerprint density at radius 3 is 1.57 bits per heavy atom. The third kappa shape index (κ3) is 5.45. The Morgan fingerprint density at radius 2 is 0.804 bits per heavy atom. The summed E-state index contributed by atoms with van der Waals surface area (Å²) in [4.78, 5) is 15.4. The molecule has 262 valence electrons. The van der Waals surface area contributed by atoms with Gasteiger partial charge in [0.25, 0.3) is 0 Å². The van der Waals surface area contributed by atoms with E-state index in [1.807, 2.05) is 30.3 Å². The molecule has 3 aromatic heterocycles. The van der Waals surface area contributed by atoms with Crippen molar-refractivity contribution in [1.29, 1.82) is 0 Å². The van der Waals surface area contributed by atoms with Crippen LogP contribution >= 0.6 is 0 Å². The minimum Gasteiger partial charge on any atom is -0.456 e. The molecule has 0 unspecified atom stereocenters. The first-order valence-corrected chi connectivity index (χ1v) is 18.8. The quantitative estimate of drug-likeness (QED) is 0.172. The molecular weight excluding hydrogens is 685 g/mol. The monoisotopic (exact) mass is 716 g/mol. The molecule has 0 fully saturated rings. The van der Waals surface area contributed by atoms with Crippen LogP contribution in [0.3, 0.4) is 0 Å². The van der Waals surface area contributed by atoms with E-state index in [0.29, 0.717) is 17.5 Å². The van der Waals surface area contributed by atoms with Gasteiger partial charge in [0.05, 0.1) is 11.0 Å². The number of fused-ring (bicyclic) bond motifs is 6. The fourth-order valence-corrected chi connectivity index (χ4v) is 7.91. The van der Waals surface area contributed by atoms with E-state index in [0.717, 1.165) is 66.5 Å². The number of nitrogens with zero attached hydrogens (tertiary/aromatic N) is 4. The van der Waals surface area contributed by atoms with Crippen LogP contribution in [-0.4, -0.2) is 19.5 Å². The molecule has 0 saturated heterocycles. The number of rotatable bonds is 6. The normalized spacial score (nSPS) is 11.6. The van der Waals surface area contributed by atoms with E-state index in [-0.39, 0.29) is 0 Å². The topological polar surface area (TPSA) is 56.7 Å². The first kappa shape index (κ1) is 31.9. The molecule has 0 amide bonds. The maximum Gasteiger partial charge on any atom is 0.164 e. The van der Waals surface area contributed by atoms with Crippen molar-refractivity contribution in [2.45, 2.75) is 0 Å². The van der Waals surface area contributed by atoms with Gasteiger partial charge in [0.15, 0.2) is 17.5 Å². The maximum absolute atomic E-state index is 6.29. The van der Waals surface area contributed by atoms with Crippen LogP contribution in [0.1, 0.15) is 0 Å². The third-order valence-electron chi connectivity index (χ3n) is 10.7. The first-order chi connectivity index (χ1) is 27.7. The van der Waals surface area contributed by atoms with Gasteiger partial charge in [0.1, 0.15) is 11.2 Å². The summed E-state index contributed by atoms with van der Waals surface area (Å²) >= 11 is 0. The SMILES string of the molecule is c1ccc(-c2ccc(-c3nc(-c4cccc(-n5c6ccccc6c6ccc(-c7ccccc7)cc65)c4)nc(-c4ccc5c(c4)oc4ccccc45)n3)cc2)cc1. The molecule has 11 aromatic rings. The van der Waals surface area contributed by atoms with Crippen LogP contribution in [0.5, 0.6) is 0 Å². The predicted octanol–water partition coefficient (Wildman–Crippen LogP) is 13.2. The number of hydrogen-bond donors (Lipinski definition) is 0. The minimum absolute atomic E-state index is 0.578. The summed E-state index contributed by atoms with van der Waals surface area (Å²) in [6.07, 6.45) is 0. The molecule has 0 atom stereocenters. The van der Waals surface area contributed by atoms with Gasteiger partial charge in [-0.2, -0.15) is 0 Å². The molecule has 0 bridgehead atoms. The molecule has 8 aromatic carbocycles. The molecule has 0 aliphatic heterocycles. The molecule has 0 aliphatic carbocycles. The number of benzene rings is 8. The smallest absolute Gasteiger partial charge is 0.164 e. The van der Waals surface area contributed by atoms with Crippen LogP contribution in [0.25, 0.3) is 106 Å². The second kappa shape index (κ2) is 13.0. The van der Waals surface area contributed by atoms with Gasteiger partial charge in [-0.05, 0) is 64.7 Å². The molecule has 0 spiro atoms. The highest BCUT2D eigenvalue weighted by Gasteiger charge is 2.18. The second-order valence-corrected chi connectivity index (χ2v) is 14.1. The average molecular weight is 717 g/mol. The van der Waals surface area contributed by atoms with Crippen LogP contribution in [0, 0.1) is 0 Å². The molecule has 5 nitrogen and oxygen atoms in total. The van der Waals surface area contributed by atoms with Crippen molar-refractivity contribution in [2.75, 3.05) is 0 Å². The van der Waals surface area contributed by atoms with Crippen molar-refractivity contribution in [3.8, 4) is 62.1 Å². The van der Waals surface area contributed by atoms with Crippen LogP contribution in [0.15, 0.2) is 199 Å². The van der Waals surface area contributed by atoms with Crippen LogP contribution in [-0.2, 0) is 0 Å². The van der Waals surface area contributed by atoms with Crippen molar-refractivity contribution in [3.05, 3.63) is 194 Å². The van der Waals surface area contributed by atoms with E-state index in [1.165, 1.54) is 21.9 Å². The van der Waals surface area contributed by atoms with Gasteiger partial charge in [-0.3, -0.25) is 0 Å². The van der Waals surface area contributed by atoms with Gasteiger partial charge in [0.2, 0.25) is 0 Å². The summed E-state index contributed by atoms with van der Waals surface area (Å²) in [5, 5.41) is 4.56. The van der Waals surface area contributed by atoms with Gasteiger partial charge in [0, 0.05) is 43.9 Å². The van der Waals surface area contributed by atoms with Crippen molar-refractivity contribution < 1.29 is 4.42 Å². The number of furan rings is 1. The molecular formula is C51H32N4O. The predicted molar refractivity (Wildman–Crippen MR) is 229 cm³/mol. The summed E-state index contributed by atoms with van der Waals surface area (Å²) in [6, 6.07) is 67.6. The van der Waals surface area contributed by atoms with E-state index in [1.54, 1.807) is 0 Å². The maximum atomic E-state index is 6.29. The molecule has 0 saturated carbocycles. The summed E-state index contributed by atoms with van der Waals surface area (Å²) < 4.78 is 8.64. The molecule has 0 aliphatic rings. The van der Waals surface area contributed by atoms with Gasteiger partial charge in [-0.15, -0.1) is 0 Å². The lowest BCUT2D eigenvalue weighted by Gasteiger charge is -2.12. The Hall–Kier alpha value is -7.63. The highest BCUT2D eigenvalue weighted by atomic mass is 16.3. The fourth-order valence-electron chi connectivity index (χ4n) is 7.91.